The van der Waals surface area contributed by atoms with Crippen LogP contribution in [0.5, 0.6) is 0 Å². The molecule has 2 N–H and O–H groups in total. The van der Waals surface area contributed by atoms with Crippen LogP contribution in [-0.4, -0.2) is 40.9 Å². The fraction of sp³-hybridized carbons (Fsp3) is 0.571. The minimum atomic E-state index is -3.24. The van der Waals surface area contributed by atoms with Gasteiger partial charge in [-0.15, -0.1) is 0 Å². The predicted octanol–water partition coefficient (Wildman–Crippen LogP) is 1.64. The maximum Gasteiger partial charge on any atom is 0.232 e. The third kappa shape index (κ3) is 4.38. The van der Waals surface area contributed by atoms with E-state index in [4.69, 9.17) is 0 Å². The Kier molecular flexibility index (Phi) is 5.25. The van der Waals surface area contributed by atoms with Crippen molar-refractivity contribution in [2.45, 2.75) is 19.3 Å². The second kappa shape index (κ2) is 6.95. The van der Waals surface area contributed by atoms with Gasteiger partial charge in [-0.1, -0.05) is 0 Å². The van der Waals surface area contributed by atoms with Gasteiger partial charge in [0, 0.05) is 24.5 Å². The molecule has 1 aromatic carbocycles. The molecule has 0 amide bonds. The van der Waals surface area contributed by atoms with Crippen LogP contribution in [0.4, 0.5) is 11.4 Å². The van der Waals surface area contributed by atoms with Crippen LogP contribution in [-0.2, 0) is 10.0 Å². The number of hydrogen-bond donors (Lipinski definition) is 2. The van der Waals surface area contributed by atoms with E-state index in [9.17, 15) is 8.42 Å². The third-order valence-electron chi connectivity index (χ3n) is 3.45. The number of nitrogens with zero attached hydrogens (tertiary/aromatic N) is 1. The van der Waals surface area contributed by atoms with Gasteiger partial charge in [-0.25, -0.2) is 8.42 Å². The van der Waals surface area contributed by atoms with E-state index in [0.29, 0.717) is 18.7 Å². The summed E-state index contributed by atoms with van der Waals surface area (Å²) in [7, 11) is -1.43. The fourth-order valence-electron chi connectivity index (χ4n) is 2.39. The molecule has 1 aliphatic rings. The van der Waals surface area contributed by atoms with Crippen LogP contribution in [0.3, 0.4) is 0 Å². The lowest BCUT2D eigenvalue weighted by Crippen LogP contribution is -2.20. The normalized spacial score (nSPS) is 15.6. The van der Waals surface area contributed by atoms with Crippen LogP contribution < -0.4 is 14.9 Å². The van der Waals surface area contributed by atoms with Crippen LogP contribution >= 0.6 is 0 Å². The summed E-state index contributed by atoms with van der Waals surface area (Å²) in [5, 5.41) is 2.95. The molecular weight excluding hydrogens is 274 g/mol. The molecule has 2 rings (SSSR count). The van der Waals surface area contributed by atoms with E-state index in [2.05, 4.69) is 14.9 Å². The quantitative estimate of drug-likeness (QED) is 0.751. The van der Waals surface area contributed by atoms with Crippen molar-refractivity contribution in [3.05, 3.63) is 24.3 Å². The minimum absolute atomic E-state index is 0.141. The summed E-state index contributed by atoms with van der Waals surface area (Å²) in [6.45, 7) is 2.89. The molecule has 1 saturated heterocycles. The molecule has 1 aliphatic heterocycles. The smallest absolute Gasteiger partial charge is 0.232 e. The van der Waals surface area contributed by atoms with Crippen LogP contribution in [0.15, 0.2) is 24.3 Å². The van der Waals surface area contributed by atoms with Crippen LogP contribution in [0, 0.1) is 0 Å². The summed E-state index contributed by atoms with van der Waals surface area (Å²) < 4.78 is 26.4. The highest BCUT2D eigenvalue weighted by molar-refractivity contribution is 7.92. The van der Waals surface area contributed by atoms with Crippen molar-refractivity contribution in [3.63, 3.8) is 0 Å². The summed E-state index contributed by atoms with van der Waals surface area (Å²) in [6.07, 6.45) is 3.08. The number of benzene rings is 1. The molecule has 0 unspecified atom stereocenters. The third-order valence-corrected chi connectivity index (χ3v) is 4.82. The van der Waals surface area contributed by atoms with Gasteiger partial charge in [-0.2, -0.15) is 0 Å². The standard InChI is InChI=1S/C14H23N3O2S/c1-15-9-4-12-20(18,19)16-13-5-7-14(8-6-13)17-10-2-3-11-17/h5-8,15-16H,2-4,9-12H2,1H3. The molecule has 0 bridgehead atoms. The van der Waals surface area contributed by atoms with Crippen molar-refractivity contribution < 1.29 is 8.42 Å². The first-order chi connectivity index (χ1) is 9.61. The van der Waals surface area contributed by atoms with Crippen LogP contribution in [0.1, 0.15) is 19.3 Å². The van der Waals surface area contributed by atoms with Crippen molar-refractivity contribution in [3.8, 4) is 0 Å². The molecule has 0 aliphatic carbocycles. The van der Waals surface area contributed by atoms with Crippen molar-refractivity contribution >= 4 is 21.4 Å². The average Bonchev–Trinajstić information content (AvgIpc) is 2.93. The average molecular weight is 297 g/mol. The lowest BCUT2D eigenvalue weighted by molar-refractivity contribution is 0.597. The number of anilines is 2. The van der Waals surface area contributed by atoms with Crippen LogP contribution in [0.25, 0.3) is 0 Å². The molecule has 20 heavy (non-hydrogen) atoms. The SMILES string of the molecule is CNCCCS(=O)(=O)Nc1ccc(N2CCCC2)cc1. The summed E-state index contributed by atoms with van der Waals surface area (Å²) in [6, 6.07) is 7.64. The maximum absolute atomic E-state index is 11.9. The lowest BCUT2D eigenvalue weighted by atomic mass is 10.2. The van der Waals surface area contributed by atoms with E-state index < -0.39 is 10.0 Å². The summed E-state index contributed by atoms with van der Waals surface area (Å²) in [4.78, 5) is 2.32. The van der Waals surface area contributed by atoms with E-state index in [-0.39, 0.29) is 5.75 Å². The highest BCUT2D eigenvalue weighted by Crippen LogP contribution is 2.22. The molecule has 112 valence electrons. The maximum atomic E-state index is 11.9. The van der Waals surface area contributed by atoms with Crippen molar-refractivity contribution in [2.24, 2.45) is 0 Å². The molecule has 0 atom stereocenters. The van der Waals surface area contributed by atoms with Gasteiger partial charge < -0.3 is 10.2 Å². The number of rotatable bonds is 7. The second-order valence-electron chi connectivity index (χ2n) is 5.12. The zero-order chi connectivity index (χ0) is 14.4. The molecule has 1 aromatic rings. The van der Waals surface area contributed by atoms with Gasteiger partial charge in [0.25, 0.3) is 0 Å². The van der Waals surface area contributed by atoms with E-state index in [1.165, 1.54) is 18.5 Å². The molecule has 6 heteroatoms. The molecule has 0 radical (unpaired) electrons. The summed E-state index contributed by atoms with van der Waals surface area (Å²) in [5.74, 6) is 0.141. The van der Waals surface area contributed by atoms with E-state index >= 15 is 0 Å². The Morgan fingerprint density at radius 2 is 1.80 bits per heavy atom. The highest BCUT2D eigenvalue weighted by Gasteiger charge is 2.13. The van der Waals surface area contributed by atoms with Gasteiger partial charge in [-0.05, 0) is 57.1 Å². The number of sulfonamides is 1. The monoisotopic (exact) mass is 297 g/mol. The molecular formula is C14H23N3O2S. The predicted molar refractivity (Wildman–Crippen MR) is 83.8 cm³/mol. The molecule has 0 spiro atoms. The van der Waals surface area contributed by atoms with E-state index in [0.717, 1.165) is 13.1 Å². The Bertz CT molecular complexity index is 508. The Hall–Kier alpha value is -1.27. The van der Waals surface area contributed by atoms with Gasteiger partial charge in [0.2, 0.25) is 10.0 Å². The largest absolute Gasteiger partial charge is 0.372 e. The van der Waals surface area contributed by atoms with Crippen molar-refractivity contribution in [1.29, 1.82) is 0 Å². The van der Waals surface area contributed by atoms with E-state index in [1.54, 1.807) is 0 Å². The van der Waals surface area contributed by atoms with Gasteiger partial charge >= 0.3 is 0 Å². The van der Waals surface area contributed by atoms with Gasteiger partial charge in [-0.3, -0.25) is 4.72 Å². The van der Waals surface area contributed by atoms with Crippen molar-refractivity contribution in [1.82, 2.24) is 5.32 Å². The zero-order valence-corrected chi connectivity index (χ0v) is 12.7. The Labute approximate surface area is 121 Å². The Morgan fingerprint density at radius 3 is 2.40 bits per heavy atom. The molecule has 5 nitrogen and oxygen atoms in total. The first-order valence-electron chi connectivity index (χ1n) is 7.11. The summed E-state index contributed by atoms with van der Waals surface area (Å²) in [5.41, 5.74) is 1.80. The minimum Gasteiger partial charge on any atom is -0.372 e. The van der Waals surface area contributed by atoms with Crippen LogP contribution in [0.2, 0.25) is 0 Å². The Morgan fingerprint density at radius 1 is 1.15 bits per heavy atom. The lowest BCUT2D eigenvalue weighted by Gasteiger charge is -2.18. The molecule has 1 heterocycles. The van der Waals surface area contributed by atoms with E-state index in [1.807, 2.05) is 31.3 Å². The first-order valence-corrected chi connectivity index (χ1v) is 8.76. The Balaban J connectivity index is 1.92. The first kappa shape index (κ1) is 15.1. The molecule has 0 saturated carbocycles. The second-order valence-corrected chi connectivity index (χ2v) is 6.96. The van der Waals surface area contributed by atoms with Gasteiger partial charge in [0.05, 0.1) is 5.75 Å². The van der Waals surface area contributed by atoms with Gasteiger partial charge in [0.15, 0.2) is 0 Å². The number of hydrogen-bond acceptors (Lipinski definition) is 4. The van der Waals surface area contributed by atoms with Gasteiger partial charge in [0.1, 0.15) is 0 Å². The topological polar surface area (TPSA) is 61.4 Å². The summed E-state index contributed by atoms with van der Waals surface area (Å²) >= 11 is 0. The number of nitrogens with one attached hydrogen (secondary N) is 2. The van der Waals surface area contributed by atoms with Crippen molar-refractivity contribution in [2.75, 3.05) is 42.1 Å². The highest BCUT2D eigenvalue weighted by atomic mass is 32.2. The molecule has 0 aromatic heterocycles. The zero-order valence-electron chi connectivity index (χ0n) is 11.9. The molecule has 1 fully saturated rings. The fourth-order valence-corrected chi connectivity index (χ4v) is 3.51.